The van der Waals surface area contributed by atoms with Crippen molar-refractivity contribution in [2.24, 2.45) is 5.92 Å². The Labute approximate surface area is 111 Å². The van der Waals surface area contributed by atoms with Crippen LogP contribution in [0.1, 0.15) is 37.0 Å². The van der Waals surface area contributed by atoms with Gasteiger partial charge < -0.3 is 4.90 Å². The van der Waals surface area contributed by atoms with Gasteiger partial charge in [0.1, 0.15) is 0 Å². The lowest BCUT2D eigenvalue weighted by Crippen LogP contribution is -2.40. The third-order valence-electron chi connectivity index (χ3n) is 3.58. The molecule has 1 saturated heterocycles. The Bertz CT molecular complexity index is 419. The van der Waals surface area contributed by atoms with Crippen LogP contribution in [-0.4, -0.2) is 18.9 Å². The van der Waals surface area contributed by atoms with E-state index in [2.05, 4.69) is 40.7 Å². The number of carbonyl (C=O) groups is 1. The zero-order valence-corrected chi connectivity index (χ0v) is 11.9. The number of hydrogen-bond acceptors (Lipinski definition) is 2. The summed E-state index contributed by atoms with van der Waals surface area (Å²) in [5, 5.41) is 0. The first-order valence-electron chi connectivity index (χ1n) is 6.13. The predicted molar refractivity (Wildman–Crippen MR) is 74.7 cm³/mol. The van der Waals surface area contributed by atoms with Crippen molar-refractivity contribution in [2.45, 2.75) is 32.7 Å². The zero-order valence-electron chi connectivity index (χ0n) is 10.3. The molecule has 0 aromatic heterocycles. The molecule has 0 amide bonds. The number of halogens is 1. The molecule has 0 N–H and O–H groups in total. The number of rotatable bonds is 2. The van der Waals surface area contributed by atoms with E-state index < -0.39 is 0 Å². The Morgan fingerprint density at radius 1 is 1.41 bits per heavy atom. The van der Waals surface area contributed by atoms with Crippen molar-refractivity contribution >= 4 is 27.9 Å². The molecular weight excluding hydrogens is 278 g/mol. The van der Waals surface area contributed by atoms with Gasteiger partial charge in [0, 0.05) is 28.3 Å². The number of piperidine rings is 1. The Hall–Kier alpha value is -0.830. The molecule has 0 bridgehead atoms. The fourth-order valence-electron chi connectivity index (χ4n) is 2.58. The summed E-state index contributed by atoms with van der Waals surface area (Å²) in [5.74, 6) is 0.818. The van der Waals surface area contributed by atoms with Crippen molar-refractivity contribution in [2.75, 3.05) is 11.4 Å². The van der Waals surface area contributed by atoms with Crippen LogP contribution >= 0.6 is 15.9 Å². The van der Waals surface area contributed by atoms with Gasteiger partial charge in [0.2, 0.25) is 0 Å². The van der Waals surface area contributed by atoms with Crippen molar-refractivity contribution in [3.63, 3.8) is 0 Å². The Morgan fingerprint density at radius 3 is 2.76 bits per heavy atom. The van der Waals surface area contributed by atoms with E-state index >= 15 is 0 Å². The summed E-state index contributed by atoms with van der Waals surface area (Å²) in [6.07, 6.45) is 3.38. The molecule has 0 saturated carbocycles. The van der Waals surface area contributed by atoms with E-state index in [1.54, 1.807) is 0 Å². The van der Waals surface area contributed by atoms with Crippen LogP contribution in [-0.2, 0) is 0 Å². The van der Waals surface area contributed by atoms with E-state index in [1.807, 2.05) is 12.1 Å². The quantitative estimate of drug-likeness (QED) is 0.772. The van der Waals surface area contributed by atoms with Gasteiger partial charge in [-0.2, -0.15) is 0 Å². The van der Waals surface area contributed by atoms with Crippen LogP contribution in [0.25, 0.3) is 0 Å². The molecule has 1 fully saturated rings. The fourth-order valence-corrected chi connectivity index (χ4v) is 3.04. The highest BCUT2D eigenvalue weighted by Gasteiger charge is 2.23. The molecule has 2 nitrogen and oxygen atoms in total. The van der Waals surface area contributed by atoms with E-state index in [4.69, 9.17) is 0 Å². The van der Waals surface area contributed by atoms with Crippen LogP contribution in [0.4, 0.5) is 5.69 Å². The number of nitrogens with zero attached hydrogens (tertiary/aromatic N) is 1. The van der Waals surface area contributed by atoms with Crippen LogP contribution in [0.2, 0.25) is 0 Å². The molecule has 1 heterocycles. The van der Waals surface area contributed by atoms with Gasteiger partial charge in [-0.25, -0.2) is 0 Å². The van der Waals surface area contributed by atoms with Gasteiger partial charge >= 0.3 is 0 Å². The van der Waals surface area contributed by atoms with E-state index in [0.717, 1.165) is 23.2 Å². The summed E-state index contributed by atoms with van der Waals surface area (Å²) in [4.78, 5) is 13.2. The molecule has 1 aromatic rings. The lowest BCUT2D eigenvalue weighted by Gasteiger charge is -2.38. The summed E-state index contributed by atoms with van der Waals surface area (Å²) < 4.78 is 0.885. The number of benzene rings is 1. The van der Waals surface area contributed by atoms with Gasteiger partial charge in [-0.05, 0) is 59.8 Å². The molecular formula is C14H18BrNO. The van der Waals surface area contributed by atoms with Gasteiger partial charge in [0.15, 0.2) is 6.29 Å². The molecule has 0 aliphatic carbocycles. The number of aldehydes is 1. The van der Waals surface area contributed by atoms with Crippen molar-refractivity contribution < 1.29 is 4.79 Å². The van der Waals surface area contributed by atoms with E-state index in [0.29, 0.717) is 11.6 Å². The van der Waals surface area contributed by atoms with Crippen LogP contribution in [0, 0.1) is 5.92 Å². The van der Waals surface area contributed by atoms with Crippen molar-refractivity contribution in [3.8, 4) is 0 Å². The van der Waals surface area contributed by atoms with Gasteiger partial charge in [-0.3, -0.25) is 4.79 Å². The molecule has 92 valence electrons. The van der Waals surface area contributed by atoms with Gasteiger partial charge in [0.25, 0.3) is 0 Å². The summed E-state index contributed by atoms with van der Waals surface area (Å²) in [6.45, 7) is 5.70. The number of hydrogen-bond donors (Lipinski definition) is 0. The first kappa shape index (κ1) is 12.6. The maximum Gasteiger partial charge on any atom is 0.151 e. The van der Waals surface area contributed by atoms with Gasteiger partial charge in [-0.15, -0.1) is 0 Å². The van der Waals surface area contributed by atoms with E-state index in [-0.39, 0.29) is 0 Å². The standard InChI is InChI=1S/C14H18BrNO/c1-10-5-6-16(11(2)7-10)13-4-3-12(9-17)14(15)8-13/h3-4,8-11H,5-7H2,1-2H3. The number of anilines is 1. The second-order valence-corrected chi connectivity index (χ2v) is 5.85. The van der Waals surface area contributed by atoms with Crippen LogP contribution in [0.5, 0.6) is 0 Å². The molecule has 1 aliphatic rings. The second kappa shape index (κ2) is 5.21. The molecule has 2 unspecified atom stereocenters. The first-order valence-corrected chi connectivity index (χ1v) is 6.92. The molecule has 0 spiro atoms. The largest absolute Gasteiger partial charge is 0.369 e. The van der Waals surface area contributed by atoms with Crippen molar-refractivity contribution in [1.29, 1.82) is 0 Å². The second-order valence-electron chi connectivity index (χ2n) is 5.00. The molecule has 2 atom stereocenters. The Kier molecular flexibility index (Phi) is 3.87. The SMILES string of the molecule is CC1CCN(c2ccc(C=O)c(Br)c2)C(C)C1. The average Bonchev–Trinajstić information content (AvgIpc) is 2.29. The monoisotopic (exact) mass is 295 g/mol. The molecule has 3 heteroatoms. The third kappa shape index (κ3) is 2.71. The molecule has 2 rings (SSSR count). The zero-order chi connectivity index (χ0) is 12.4. The Morgan fingerprint density at radius 2 is 2.18 bits per heavy atom. The van der Waals surface area contributed by atoms with E-state index in [1.165, 1.54) is 18.5 Å². The van der Waals surface area contributed by atoms with Gasteiger partial charge in [-0.1, -0.05) is 6.92 Å². The van der Waals surface area contributed by atoms with Crippen LogP contribution in [0.3, 0.4) is 0 Å². The molecule has 1 aromatic carbocycles. The lowest BCUT2D eigenvalue weighted by atomic mass is 9.93. The third-order valence-corrected chi connectivity index (χ3v) is 4.27. The highest BCUT2D eigenvalue weighted by molar-refractivity contribution is 9.10. The minimum Gasteiger partial charge on any atom is -0.369 e. The topological polar surface area (TPSA) is 20.3 Å². The maximum absolute atomic E-state index is 10.8. The summed E-state index contributed by atoms with van der Waals surface area (Å²) in [6, 6.07) is 6.56. The first-order chi connectivity index (χ1) is 8.11. The fraction of sp³-hybridized carbons (Fsp3) is 0.500. The maximum atomic E-state index is 10.8. The lowest BCUT2D eigenvalue weighted by molar-refractivity contribution is 0.112. The molecule has 17 heavy (non-hydrogen) atoms. The minimum absolute atomic E-state index is 0.577. The van der Waals surface area contributed by atoms with Crippen molar-refractivity contribution in [1.82, 2.24) is 0 Å². The summed E-state index contributed by atoms with van der Waals surface area (Å²) in [5.41, 5.74) is 1.92. The highest BCUT2D eigenvalue weighted by atomic mass is 79.9. The Balaban J connectivity index is 2.22. The molecule has 0 radical (unpaired) electrons. The highest BCUT2D eigenvalue weighted by Crippen LogP contribution is 2.30. The predicted octanol–water partition coefficient (Wildman–Crippen LogP) is 3.89. The van der Waals surface area contributed by atoms with Gasteiger partial charge in [0.05, 0.1) is 0 Å². The van der Waals surface area contributed by atoms with Crippen LogP contribution < -0.4 is 4.90 Å². The van der Waals surface area contributed by atoms with E-state index in [9.17, 15) is 4.79 Å². The summed E-state index contributed by atoms with van der Waals surface area (Å²) in [7, 11) is 0. The number of carbonyl (C=O) groups excluding carboxylic acids is 1. The van der Waals surface area contributed by atoms with Crippen molar-refractivity contribution in [3.05, 3.63) is 28.2 Å². The van der Waals surface area contributed by atoms with Crippen LogP contribution in [0.15, 0.2) is 22.7 Å². The smallest absolute Gasteiger partial charge is 0.151 e. The normalized spacial score (nSPS) is 24.8. The average molecular weight is 296 g/mol. The molecule has 1 aliphatic heterocycles. The minimum atomic E-state index is 0.577. The summed E-state index contributed by atoms with van der Waals surface area (Å²) >= 11 is 3.45.